The predicted octanol–water partition coefficient (Wildman–Crippen LogP) is 5.00. The van der Waals surface area contributed by atoms with E-state index in [9.17, 15) is 4.79 Å². The zero-order chi connectivity index (χ0) is 25.4. The van der Waals surface area contributed by atoms with Crippen LogP contribution in [0, 0.1) is 0 Å². The average molecular weight is 507 g/mol. The van der Waals surface area contributed by atoms with Gasteiger partial charge in [0.05, 0.1) is 30.5 Å². The van der Waals surface area contributed by atoms with Gasteiger partial charge in [-0.25, -0.2) is 4.99 Å². The Morgan fingerprint density at radius 2 is 1.78 bits per heavy atom. The maximum Gasteiger partial charge on any atom is 0.271 e. The lowest BCUT2D eigenvalue weighted by Gasteiger charge is -2.31. The number of aryl methyl sites for hydroxylation is 1. The highest BCUT2D eigenvalue weighted by atomic mass is 32.1. The number of fused-ring (bicyclic) bond motifs is 3. The molecule has 1 aromatic heterocycles. The van der Waals surface area contributed by atoms with Crippen LogP contribution >= 0.6 is 11.3 Å². The highest BCUT2D eigenvalue weighted by molar-refractivity contribution is 7.07. The van der Waals surface area contributed by atoms with E-state index in [0.717, 1.165) is 52.3 Å². The summed E-state index contributed by atoms with van der Waals surface area (Å²) in [6, 6.07) is 23.9. The van der Waals surface area contributed by atoms with Crippen molar-refractivity contribution in [2.24, 2.45) is 4.99 Å². The number of rotatable bonds is 5. The molecule has 184 valence electrons. The predicted molar refractivity (Wildman–Crippen MR) is 149 cm³/mol. The van der Waals surface area contributed by atoms with E-state index in [-0.39, 0.29) is 11.6 Å². The maximum atomic E-state index is 13.9. The molecule has 0 saturated carbocycles. The second-order valence-electron chi connectivity index (χ2n) is 9.01. The smallest absolute Gasteiger partial charge is 0.271 e. The van der Waals surface area contributed by atoms with Crippen molar-refractivity contribution in [2.75, 3.05) is 14.2 Å². The summed E-state index contributed by atoms with van der Waals surface area (Å²) in [5, 5.41) is 0. The molecule has 6 rings (SSSR count). The van der Waals surface area contributed by atoms with Crippen LogP contribution in [0.1, 0.15) is 34.7 Å². The summed E-state index contributed by atoms with van der Waals surface area (Å²) < 4.78 is 13.8. The van der Waals surface area contributed by atoms with Gasteiger partial charge >= 0.3 is 0 Å². The number of benzene rings is 3. The molecular formula is C31H26N2O3S. The van der Waals surface area contributed by atoms with E-state index in [0.29, 0.717) is 9.33 Å². The Balaban J connectivity index is 1.58. The summed E-state index contributed by atoms with van der Waals surface area (Å²) in [7, 11) is 3.31. The van der Waals surface area contributed by atoms with Crippen molar-refractivity contribution >= 4 is 29.2 Å². The van der Waals surface area contributed by atoms with E-state index in [1.165, 1.54) is 16.9 Å². The summed E-state index contributed by atoms with van der Waals surface area (Å²) in [4.78, 5) is 19.6. The summed E-state index contributed by atoms with van der Waals surface area (Å²) in [5.74, 6) is 1.44. The van der Waals surface area contributed by atoms with Gasteiger partial charge in [-0.1, -0.05) is 78.1 Å². The van der Waals surface area contributed by atoms with Gasteiger partial charge in [-0.3, -0.25) is 9.36 Å². The quantitative estimate of drug-likeness (QED) is 0.383. The monoisotopic (exact) mass is 506 g/mol. The van der Waals surface area contributed by atoms with Crippen molar-refractivity contribution < 1.29 is 9.47 Å². The van der Waals surface area contributed by atoms with Crippen LogP contribution in [-0.2, 0) is 6.42 Å². The molecule has 0 unspecified atom stereocenters. The molecule has 0 fully saturated rings. The Morgan fingerprint density at radius 3 is 2.59 bits per heavy atom. The molecule has 1 aliphatic heterocycles. The van der Waals surface area contributed by atoms with Gasteiger partial charge in [-0.05, 0) is 53.8 Å². The van der Waals surface area contributed by atoms with Crippen LogP contribution in [-0.4, -0.2) is 18.8 Å². The van der Waals surface area contributed by atoms with Gasteiger partial charge in [0.2, 0.25) is 0 Å². The van der Waals surface area contributed by atoms with Gasteiger partial charge in [0.1, 0.15) is 11.5 Å². The first-order valence-electron chi connectivity index (χ1n) is 12.2. The Labute approximate surface area is 219 Å². The third kappa shape index (κ3) is 4.13. The Bertz CT molecular complexity index is 1730. The Morgan fingerprint density at radius 1 is 0.973 bits per heavy atom. The molecule has 0 N–H and O–H groups in total. The number of hydrogen-bond acceptors (Lipinski definition) is 5. The van der Waals surface area contributed by atoms with Crippen LogP contribution in [0.5, 0.6) is 11.5 Å². The Hall–Kier alpha value is -4.16. The van der Waals surface area contributed by atoms with Crippen molar-refractivity contribution in [3.63, 3.8) is 0 Å². The molecule has 4 aromatic rings. The van der Waals surface area contributed by atoms with E-state index in [1.54, 1.807) is 14.2 Å². The molecule has 2 heterocycles. The summed E-state index contributed by atoms with van der Waals surface area (Å²) in [6.07, 6.45) is 7.53. The number of nitrogens with zero attached hydrogens (tertiary/aromatic N) is 2. The molecule has 0 saturated heterocycles. The first kappa shape index (κ1) is 23.3. The fourth-order valence-corrected chi connectivity index (χ4v) is 6.13. The third-order valence-corrected chi connectivity index (χ3v) is 7.94. The second kappa shape index (κ2) is 9.71. The number of thiazole rings is 1. The summed E-state index contributed by atoms with van der Waals surface area (Å²) >= 11 is 1.42. The van der Waals surface area contributed by atoms with Crippen molar-refractivity contribution in [1.82, 2.24) is 4.57 Å². The molecule has 37 heavy (non-hydrogen) atoms. The van der Waals surface area contributed by atoms with Crippen LogP contribution in [0.15, 0.2) is 94.2 Å². The normalized spacial score (nSPS) is 16.7. The van der Waals surface area contributed by atoms with Gasteiger partial charge < -0.3 is 9.47 Å². The third-order valence-electron chi connectivity index (χ3n) is 6.94. The van der Waals surface area contributed by atoms with E-state index in [4.69, 9.17) is 14.5 Å². The number of aromatic nitrogens is 1. The van der Waals surface area contributed by atoms with E-state index < -0.39 is 0 Å². The lowest BCUT2D eigenvalue weighted by Crippen LogP contribution is -2.38. The van der Waals surface area contributed by atoms with Crippen LogP contribution < -0.4 is 24.4 Å². The topological polar surface area (TPSA) is 52.8 Å². The molecule has 2 aliphatic rings. The summed E-state index contributed by atoms with van der Waals surface area (Å²) in [5.41, 5.74) is 6.44. The van der Waals surface area contributed by atoms with Crippen LogP contribution in [0.25, 0.3) is 17.8 Å². The number of allylic oxidation sites excluding steroid dienone is 2. The van der Waals surface area contributed by atoms with Crippen molar-refractivity contribution in [3.8, 4) is 11.5 Å². The molecule has 1 aliphatic carbocycles. The maximum absolute atomic E-state index is 13.9. The average Bonchev–Trinajstić information content (AvgIpc) is 3.26. The first-order valence-corrected chi connectivity index (χ1v) is 13.1. The lowest BCUT2D eigenvalue weighted by atomic mass is 9.83. The van der Waals surface area contributed by atoms with Crippen molar-refractivity contribution in [3.05, 3.63) is 126 Å². The van der Waals surface area contributed by atoms with E-state index >= 15 is 0 Å². The van der Waals surface area contributed by atoms with Gasteiger partial charge in [0.25, 0.3) is 5.56 Å². The highest BCUT2D eigenvalue weighted by Gasteiger charge is 2.34. The van der Waals surface area contributed by atoms with Crippen LogP contribution in [0.3, 0.4) is 0 Å². The zero-order valence-electron chi connectivity index (χ0n) is 20.7. The molecule has 6 heteroatoms. The molecular weight excluding hydrogens is 480 g/mol. The highest BCUT2D eigenvalue weighted by Crippen LogP contribution is 2.44. The fourth-order valence-electron chi connectivity index (χ4n) is 5.18. The standard InChI is InChI=1S/C31H26N2O3S/c1-35-22-16-18-26(36-2)25(19-22)29-24-17-15-21-12-6-7-13-23(21)28(24)32-31-33(29)30(34)27(37-31)14-8-11-20-9-4-3-5-10-20/h3-14,16,18-19,29H,15,17H2,1-2H3/b11-8+,27-14?/t29-/m1/s1. The number of hydrogen-bond donors (Lipinski definition) is 0. The molecule has 0 radical (unpaired) electrons. The lowest BCUT2D eigenvalue weighted by molar-refractivity contribution is 0.392. The minimum Gasteiger partial charge on any atom is -0.497 e. The number of ether oxygens (including phenoxy) is 2. The van der Waals surface area contributed by atoms with Gasteiger partial charge in [0, 0.05) is 11.1 Å². The van der Waals surface area contributed by atoms with Crippen molar-refractivity contribution in [2.45, 2.75) is 18.9 Å². The van der Waals surface area contributed by atoms with Crippen molar-refractivity contribution in [1.29, 1.82) is 0 Å². The minimum atomic E-state index is -0.329. The number of methoxy groups -OCH3 is 2. The molecule has 0 spiro atoms. The van der Waals surface area contributed by atoms with Crippen LogP contribution in [0.2, 0.25) is 0 Å². The van der Waals surface area contributed by atoms with Gasteiger partial charge in [-0.15, -0.1) is 0 Å². The molecule has 0 bridgehead atoms. The summed E-state index contributed by atoms with van der Waals surface area (Å²) in [6.45, 7) is 0. The largest absolute Gasteiger partial charge is 0.497 e. The molecule has 1 atom stereocenters. The van der Waals surface area contributed by atoms with Gasteiger partial charge in [-0.2, -0.15) is 0 Å². The van der Waals surface area contributed by atoms with Crippen LogP contribution in [0.4, 0.5) is 0 Å². The molecule has 0 amide bonds. The van der Waals surface area contributed by atoms with Gasteiger partial charge in [0.15, 0.2) is 4.80 Å². The second-order valence-corrected chi connectivity index (χ2v) is 10.0. The Kier molecular flexibility index (Phi) is 6.10. The van der Waals surface area contributed by atoms with E-state index in [1.807, 2.05) is 71.3 Å². The van der Waals surface area contributed by atoms with E-state index in [2.05, 4.69) is 24.3 Å². The zero-order valence-corrected chi connectivity index (χ0v) is 21.5. The first-order chi connectivity index (χ1) is 18.2. The molecule has 3 aromatic carbocycles. The fraction of sp³-hybridized carbons (Fsp3) is 0.161. The molecule has 5 nitrogen and oxygen atoms in total. The SMILES string of the molecule is COc1ccc(OC)c([C@H]2C3=C(N=c4sc(=C/C=C/c5ccccc5)c(=O)n42)c2ccccc2CC3)c1. The minimum absolute atomic E-state index is 0.0539.